The predicted molar refractivity (Wildman–Crippen MR) is 93.0 cm³/mol. The Morgan fingerprint density at radius 3 is 2.12 bits per heavy atom. The Kier molecular flexibility index (Phi) is 5.06. The molecule has 0 bridgehead atoms. The lowest BCUT2D eigenvalue weighted by molar-refractivity contribution is 0.0715. The van der Waals surface area contributed by atoms with Crippen LogP contribution < -0.4 is 0 Å². The minimum absolute atomic E-state index is 0.0851. The van der Waals surface area contributed by atoms with E-state index in [0.717, 1.165) is 29.6 Å². The maximum Gasteiger partial charge on any atom is 0.256 e. The van der Waals surface area contributed by atoms with Crippen LogP contribution in [0.15, 0.2) is 24.3 Å². The zero-order valence-corrected chi connectivity index (χ0v) is 14.8. The Bertz CT molecular complexity index is 847. The lowest BCUT2D eigenvalue weighted by Crippen LogP contribution is -2.37. The fraction of sp³-hybridized carbons (Fsp3) is 0.368. The molecular weight excluding hydrogens is 340 g/mol. The maximum absolute atomic E-state index is 13.9. The Morgan fingerprint density at radius 2 is 1.54 bits per heavy atom. The van der Waals surface area contributed by atoms with Gasteiger partial charge in [0.2, 0.25) is 0 Å². The highest BCUT2D eigenvalue weighted by Gasteiger charge is 2.26. The van der Waals surface area contributed by atoms with Crippen LogP contribution in [-0.2, 0) is 0 Å². The third-order valence-electron chi connectivity index (χ3n) is 4.61. The smallest absolute Gasteiger partial charge is 0.256 e. The van der Waals surface area contributed by atoms with E-state index in [0.29, 0.717) is 31.6 Å². The normalized spacial score (nSPS) is 15.1. The van der Waals surface area contributed by atoms with E-state index in [1.807, 2.05) is 19.9 Å². The first-order valence-corrected chi connectivity index (χ1v) is 8.56. The molecule has 2 aromatic rings. The second kappa shape index (κ2) is 7.27. The van der Waals surface area contributed by atoms with Crippen LogP contribution in [0.5, 0.6) is 0 Å². The molecule has 3 rings (SSSR count). The first kappa shape index (κ1) is 18.1. The Morgan fingerprint density at radius 1 is 0.923 bits per heavy atom. The molecule has 0 atom stereocenters. The molecule has 5 nitrogen and oxygen atoms in total. The highest BCUT2D eigenvalue weighted by atomic mass is 19.1. The molecule has 0 spiro atoms. The van der Waals surface area contributed by atoms with Gasteiger partial charge in [-0.3, -0.25) is 9.59 Å². The first-order valence-electron chi connectivity index (χ1n) is 8.56. The van der Waals surface area contributed by atoms with Gasteiger partial charge >= 0.3 is 0 Å². The number of amides is 2. The largest absolute Gasteiger partial charge is 0.362 e. The molecule has 1 saturated heterocycles. The van der Waals surface area contributed by atoms with Gasteiger partial charge in [0, 0.05) is 37.6 Å². The van der Waals surface area contributed by atoms with Crippen LogP contribution in [0.25, 0.3) is 0 Å². The molecule has 138 valence electrons. The van der Waals surface area contributed by atoms with Gasteiger partial charge < -0.3 is 14.8 Å². The van der Waals surface area contributed by atoms with E-state index in [4.69, 9.17) is 0 Å². The molecule has 0 aliphatic carbocycles. The molecule has 1 aliphatic heterocycles. The lowest BCUT2D eigenvalue weighted by Gasteiger charge is -2.22. The fourth-order valence-electron chi connectivity index (χ4n) is 3.27. The van der Waals surface area contributed by atoms with E-state index >= 15 is 0 Å². The van der Waals surface area contributed by atoms with Crippen molar-refractivity contribution in [2.24, 2.45) is 0 Å². The molecule has 7 heteroatoms. The number of hydrogen-bond acceptors (Lipinski definition) is 2. The summed E-state index contributed by atoms with van der Waals surface area (Å²) in [6, 6.07) is 4.66. The van der Waals surface area contributed by atoms with Gasteiger partial charge in [0.1, 0.15) is 11.6 Å². The molecule has 1 fully saturated rings. The number of aryl methyl sites for hydroxylation is 2. The molecule has 0 radical (unpaired) electrons. The fourth-order valence-corrected chi connectivity index (χ4v) is 3.27. The van der Waals surface area contributed by atoms with Gasteiger partial charge in [-0.15, -0.1) is 0 Å². The van der Waals surface area contributed by atoms with E-state index in [9.17, 15) is 18.4 Å². The number of nitrogens with one attached hydrogen (secondary N) is 1. The number of carbonyl (C=O) groups is 2. The SMILES string of the molecule is Cc1cc(C(=O)N2CCCN(C(=O)c3cc(F)ccc3F)CC2)c(C)[nH]1. The first-order chi connectivity index (χ1) is 12.4. The summed E-state index contributed by atoms with van der Waals surface area (Å²) >= 11 is 0. The minimum atomic E-state index is -0.744. The van der Waals surface area contributed by atoms with Crippen LogP contribution >= 0.6 is 0 Å². The van der Waals surface area contributed by atoms with Gasteiger partial charge in [-0.25, -0.2) is 8.78 Å². The van der Waals surface area contributed by atoms with Crippen LogP contribution in [0.1, 0.15) is 38.5 Å². The number of hydrogen-bond donors (Lipinski definition) is 1. The van der Waals surface area contributed by atoms with Crippen LogP contribution in [-0.4, -0.2) is 52.8 Å². The summed E-state index contributed by atoms with van der Waals surface area (Å²) in [5.41, 5.74) is 2.07. The lowest BCUT2D eigenvalue weighted by atomic mass is 10.1. The molecule has 1 N–H and O–H groups in total. The number of aromatic nitrogens is 1. The third-order valence-corrected chi connectivity index (χ3v) is 4.61. The van der Waals surface area contributed by atoms with E-state index in [-0.39, 0.29) is 18.0 Å². The number of benzene rings is 1. The number of carbonyl (C=O) groups excluding carboxylic acids is 2. The summed E-state index contributed by atoms with van der Waals surface area (Å²) in [6.07, 6.45) is 0.580. The Hall–Kier alpha value is -2.70. The Labute approximate surface area is 150 Å². The van der Waals surface area contributed by atoms with E-state index in [1.165, 1.54) is 4.90 Å². The molecule has 1 aliphatic rings. The molecule has 1 aromatic heterocycles. The van der Waals surface area contributed by atoms with Crippen molar-refractivity contribution in [3.8, 4) is 0 Å². The van der Waals surface area contributed by atoms with Crippen LogP contribution in [0.4, 0.5) is 8.78 Å². The van der Waals surface area contributed by atoms with Crippen molar-refractivity contribution in [1.82, 2.24) is 14.8 Å². The van der Waals surface area contributed by atoms with Crippen LogP contribution in [0, 0.1) is 25.5 Å². The van der Waals surface area contributed by atoms with Gasteiger partial charge in [-0.2, -0.15) is 0 Å². The Balaban J connectivity index is 1.72. The summed E-state index contributed by atoms with van der Waals surface area (Å²) in [5.74, 6) is -2.03. The van der Waals surface area contributed by atoms with Crippen molar-refractivity contribution in [2.45, 2.75) is 20.3 Å². The van der Waals surface area contributed by atoms with E-state index in [2.05, 4.69) is 4.98 Å². The second-order valence-electron chi connectivity index (χ2n) is 6.55. The van der Waals surface area contributed by atoms with Crippen LogP contribution in [0.2, 0.25) is 0 Å². The molecule has 1 aromatic carbocycles. The van der Waals surface area contributed by atoms with Crippen molar-refractivity contribution < 1.29 is 18.4 Å². The summed E-state index contributed by atoms with van der Waals surface area (Å²) in [5, 5.41) is 0. The van der Waals surface area contributed by atoms with Gasteiger partial charge in [0.25, 0.3) is 11.8 Å². The number of aromatic amines is 1. The summed E-state index contributed by atoms with van der Waals surface area (Å²) < 4.78 is 27.2. The summed E-state index contributed by atoms with van der Waals surface area (Å²) in [4.78, 5) is 31.6. The van der Waals surface area contributed by atoms with Gasteiger partial charge in [0.15, 0.2) is 0 Å². The van der Waals surface area contributed by atoms with Gasteiger partial charge in [0.05, 0.1) is 11.1 Å². The summed E-state index contributed by atoms with van der Waals surface area (Å²) in [6.45, 7) is 5.27. The van der Waals surface area contributed by atoms with Gasteiger partial charge in [-0.05, 0) is 44.5 Å². The highest BCUT2D eigenvalue weighted by Crippen LogP contribution is 2.17. The molecule has 0 unspecified atom stereocenters. The van der Waals surface area contributed by atoms with Crippen molar-refractivity contribution in [2.75, 3.05) is 26.2 Å². The highest BCUT2D eigenvalue weighted by molar-refractivity contribution is 5.96. The average Bonchev–Trinajstić information content (AvgIpc) is 2.81. The average molecular weight is 361 g/mol. The molecule has 2 amide bonds. The van der Waals surface area contributed by atoms with Gasteiger partial charge in [-0.1, -0.05) is 0 Å². The number of rotatable bonds is 2. The van der Waals surface area contributed by atoms with Crippen molar-refractivity contribution in [3.05, 3.63) is 58.4 Å². The molecular formula is C19H21F2N3O2. The zero-order chi connectivity index (χ0) is 18.8. The standard InChI is InChI=1S/C19H21F2N3O2/c1-12-10-15(13(2)22-12)18(25)23-6-3-7-24(9-8-23)19(26)16-11-14(20)4-5-17(16)21/h4-5,10-11,22H,3,6-9H2,1-2H3. The van der Waals surface area contributed by atoms with E-state index < -0.39 is 17.5 Å². The second-order valence-corrected chi connectivity index (χ2v) is 6.55. The zero-order valence-electron chi connectivity index (χ0n) is 14.8. The number of nitrogens with zero attached hydrogens (tertiary/aromatic N) is 2. The molecule has 2 heterocycles. The van der Waals surface area contributed by atoms with Crippen molar-refractivity contribution >= 4 is 11.8 Å². The number of H-pyrrole nitrogens is 1. The van der Waals surface area contributed by atoms with Crippen molar-refractivity contribution in [1.29, 1.82) is 0 Å². The predicted octanol–water partition coefficient (Wildman–Crippen LogP) is 2.90. The topological polar surface area (TPSA) is 56.4 Å². The van der Waals surface area contributed by atoms with Crippen molar-refractivity contribution in [3.63, 3.8) is 0 Å². The molecule has 26 heavy (non-hydrogen) atoms. The molecule has 0 saturated carbocycles. The van der Waals surface area contributed by atoms with Crippen LogP contribution in [0.3, 0.4) is 0 Å². The third kappa shape index (κ3) is 3.61. The maximum atomic E-state index is 13.9. The quantitative estimate of drug-likeness (QED) is 0.894. The minimum Gasteiger partial charge on any atom is -0.362 e. The monoisotopic (exact) mass is 361 g/mol. The summed E-state index contributed by atoms with van der Waals surface area (Å²) in [7, 11) is 0. The van der Waals surface area contributed by atoms with E-state index in [1.54, 1.807) is 4.90 Å². The number of halogens is 2.